The lowest BCUT2D eigenvalue weighted by Crippen LogP contribution is -2.26. The molecule has 1 aromatic heterocycles. The maximum Gasteiger partial charge on any atom is 0.244 e. The minimum atomic E-state index is -3.79. The zero-order valence-corrected chi connectivity index (χ0v) is 21.9. The van der Waals surface area contributed by atoms with Gasteiger partial charge in [-0.25, -0.2) is 23.1 Å². The van der Waals surface area contributed by atoms with Crippen LogP contribution in [0.5, 0.6) is 11.5 Å². The van der Waals surface area contributed by atoms with Gasteiger partial charge in [0.25, 0.3) is 0 Å². The highest BCUT2D eigenvalue weighted by Crippen LogP contribution is 2.29. The quantitative estimate of drug-likeness (QED) is 0.352. The Labute approximate surface area is 222 Å². The van der Waals surface area contributed by atoms with Gasteiger partial charge in [0.2, 0.25) is 10.0 Å². The van der Waals surface area contributed by atoms with Crippen LogP contribution in [0.25, 0.3) is 11.3 Å². The highest BCUT2D eigenvalue weighted by molar-refractivity contribution is 7.89. The number of aromatic nitrogens is 2. The Balaban J connectivity index is 1.52. The number of nitrogens with zero attached hydrogens (tertiary/aromatic N) is 3. The fourth-order valence-corrected chi connectivity index (χ4v) is 5.31. The third-order valence-corrected chi connectivity index (χ3v) is 7.57. The SMILES string of the molecule is COc1cc(Cc2nccc(-c3ccc(OC4CCOCC4)c(C#N)c3)n2)ccc1S(=O)(=O)NCCCO. The Morgan fingerprint density at radius 1 is 1.16 bits per heavy atom. The molecule has 200 valence electrons. The van der Waals surface area contributed by atoms with Crippen LogP contribution in [0, 0.1) is 11.3 Å². The fourth-order valence-electron chi connectivity index (χ4n) is 4.09. The number of benzene rings is 2. The minimum absolute atomic E-state index is 0.0171. The molecule has 11 heteroatoms. The molecule has 2 aromatic carbocycles. The van der Waals surface area contributed by atoms with Crippen molar-refractivity contribution in [1.29, 1.82) is 5.26 Å². The van der Waals surface area contributed by atoms with E-state index in [9.17, 15) is 13.7 Å². The molecule has 3 aromatic rings. The molecular formula is C27H30N4O6S. The van der Waals surface area contributed by atoms with E-state index in [0.29, 0.717) is 48.9 Å². The molecule has 4 rings (SSSR count). The van der Waals surface area contributed by atoms with Crippen molar-refractivity contribution in [1.82, 2.24) is 14.7 Å². The summed E-state index contributed by atoms with van der Waals surface area (Å²) < 4.78 is 44.4. The fraction of sp³-hybridized carbons (Fsp3) is 0.370. The summed E-state index contributed by atoms with van der Waals surface area (Å²) >= 11 is 0. The molecule has 0 aliphatic carbocycles. The van der Waals surface area contributed by atoms with Gasteiger partial charge >= 0.3 is 0 Å². The van der Waals surface area contributed by atoms with Crippen molar-refractivity contribution in [3.05, 3.63) is 65.6 Å². The molecule has 2 heterocycles. The molecule has 0 amide bonds. The van der Waals surface area contributed by atoms with Gasteiger partial charge in [-0.05, 0) is 48.4 Å². The highest BCUT2D eigenvalue weighted by Gasteiger charge is 2.20. The third-order valence-electron chi connectivity index (χ3n) is 6.07. The van der Waals surface area contributed by atoms with Gasteiger partial charge in [0.05, 0.1) is 31.6 Å². The number of aliphatic hydroxyl groups excluding tert-OH is 1. The first kappa shape index (κ1) is 27.5. The summed E-state index contributed by atoms with van der Waals surface area (Å²) in [6, 6.07) is 14.2. The number of ether oxygens (including phenoxy) is 3. The number of hydrogen-bond donors (Lipinski definition) is 2. The molecule has 0 bridgehead atoms. The molecule has 0 saturated carbocycles. The van der Waals surface area contributed by atoms with Crippen LogP contribution >= 0.6 is 0 Å². The van der Waals surface area contributed by atoms with Crippen LogP contribution in [0.2, 0.25) is 0 Å². The second kappa shape index (κ2) is 12.8. The number of aliphatic hydroxyl groups is 1. The summed E-state index contributed by atoms with van der Waals surface area (Å²) in [6.07, 6.45) is 3.92. The van der Waals surface area contributed by atoms with Crippen LogP contribution in [0.15, 0.2) is 53.6 Å². The van der Waals surface area contributed by atoms with Gasteiger partial charge in [0, 0.05) is 44.2 Å². The predicted octanol–water partition coefficient (Wildman–Crippen LogP) is 2.83. The van der Waals surface area contributed by atoms with Crippen molar-refractivity contribution in [3.8, 4) is 28.8 Å². The summed E-state index contributed by atoms with van der Waals surface area (Å²) in [5, 5.41) is 18.6. The standard InChI is InChI=1S/C27H30N4O6S/c1-35-25-15-19(3-6-26(25)38(33,34)30-10-2-12-32)16-27-29-11-7-23(31-27)20-4-5-24(21(17-20)18-28)37-22-8-13-36-14-9-22/h3-7,11,15,17,22,30,32H,2,8-10,12-14,16H2,1H3. The second-order valence-electron chi connectivity index (χ2n) is 8.75. The topological polar surface area (TPSA) is 144 Å². The van der Waals surface area contributed by atoms with E-state index in [2.05, 4.69) is 20.8 Å². The van der Waals surface area contributed by atoms with E-state index in [1.54, 1.807) is 36.5 Å². The Hall–Kier alpha value is -3.56. The lowest BCUT2D eigenvalue weighted by molar-refractivity contribution is 0.0254. The van der Waals surface area contributed by atoms with Crippen molar-refractivity contribution in [2.24, 2.45) is 0 Å². The maximum atomic E-state index is 12.6. The largest absolute Gasteiger partial charge is 0.495 e. The molecule has 2 N–H and O–H groups in total. The smallest absolute Gasteiger partial charge is 0.244 e. The van der Waals surface area contributed by atoms with Gasteiger partial charge in [-0.15, -0.1) is 0 Å². The number of hydrogen-bond acceptors (Lipinski definition) is 9. The number of methoxy groups -OCH3 is 1. The number of nitrogens with one attached hydrogen (secondary N) is 1. The predicted molar refractivity (Wildman–Crippen MR) is 139 cm³/mol. The molecule has 0 spiro atoms. The van der Waals surface area contributed by atoms with Gasteiger partial charge in [-0.3, -0.25) is 0 Å². The molecule has 0 unspecified atom stereocenters. The Bertz CT molecular complexity index is 1400. The summed E-state index contributed by atoms with van der Waals surface area (Å²) in [7, 11) is -2.38. The molecule has 1 saturated heterocycles. The second-order valence-corrected chi connectivity index (χ2v) is 10.5. The van der Waals surface area contributed by atoms with Crippen molar-refractivity contribution in [3.63, 3.8) is 0 Å². The molecule has 1 aliphatic rings. The zero-order valence-electron chi connectivity index (χ0n) is 21.1. The molecular weight excluding hydrogens is 508 g/mol. The number of nitriles is 1. The molecule has 10 nitrogen and oxygen atoms in total. The highest BCUT2D eigenvalue weighted by atomic mass is 32.2. The van der Waals surface area contributed by atoms with Gasteiger partial charge in [-0.2, -0.15) is 5.26 Å². The zero-order chi connectivity index (χ0) is 27.0. The van der Waals surface area contributed by atoms with Crippen LogP contribution in [0.4, 0.5) is 0 Å². The average molecular weight is 539 g/mol. The Morgan fingerprint density at radius 3 is 2.71 bits per heavy atom. The van der Waals surface area contributed by atoms with E-state index in [0.717, 1.165) is 24.0 Å². The van der Waals surface area contributed by atoms with Crippen molar-refractivity contribution in [2.75, 3.05) is 33.5 Å². The molecule has 0 atom stereocenters. The van der Waals surface area contributed by atoms with E-state index in [-0.39, 0.29) is 29.9 Å². The Morgan fingerprint density at radius 2 is 1.97 bits per heavy atom. The first-order chi connectivity index (χ1) is 18.4. The van der Waals surface area contributed by atoms with Crippen LogP contribution in [-0.2, 0) is 21.2 Å². The van der Waals surface area contributed by atoms with Gasteiger partial charge in [0.1, 0.15) is 34.4 Å². The van der Waals surface area contributed by atoms with E-state index < -0.39 is 10.0 Å². The number of sulfonamides is 1. The van der Waals surface area contributed by atoms with Gasteiger partial charge < -0.3 is 19.3 Å². The number of rotatable bonds is 11. The van der Waals surface area contributed by atoms with Crippen LogP contribution in [0.1, 0.15) is 36.2 Å². The summed E-state index contributed by atoms with van der Waals surface area (Å²) in [6.45, 7) is 1.32. The molecule has 1 aliphatic heterocycles. The normalized spacial score (nSPS) is 14.1. The monoisotopic (exact) mass is 538 g/mol. The van der Waals surface area contributed by atoms with Crippen LogP contribution in [-0.4, -0.2) is 63.1 Å². The van der Waals surface area contributed by atoms with E-state index in [4.69, 9.17) is 19.3 Å². The third kappa shape index (κ3) is 6.85. The maximum absolute atomic E-state index is 12.6. The summed E-state index contributed by atoms with van der Waals surface area (Å²) in [5.41, 5.74) is 2.62. The molecule has 38 heavy (non-hydrogen) atoms. The first-order valence-corrected chi connectivity index (χ1v) is 13.8. The lowest BCUT2D eigenvalue weighted by atomic mass is 10.1. The van der Waals surface area contributed by atoms with Crippen LogP contribution in [0.3, 0.4) is 0 Å². The Kier molecular flexibility index (Phi) is 9.25. The van der Waals surface area contributed by atoms with E-state index >= 15 is 0 Å². The van der Waals surface area contributed by atoms with Crippen LogP contribution < -0.4 is 14.2 Å². The lowest BCUT2D eigenvalue weighted by Gasteiger charge is -2.23. The van der Waals surface area contributed by atoms with Crippen molar-refractivity contribution in [2.45, 2.75) is 36.7 Å². The molecule has 1 fully saturated rings. The van der Waals surface area contributed by atoms with Crippen molar-refractivity contribution < 1.29 is 27.7 Å². The van der Waals surface area contributed by atoms with Gasteiger partial charge in [-0.1, -0.05) is 6.07 Å². The summed E-state index contributed by atoms with van der Waals surface area (Å²) in [5.74, 6) is 1.28. The first-order valence-electron chi connectivity index (χ1n) is 12.3. The van der Waals surface area contributed by atoms with E-state index in [1.165, 1.54) is 13.2 Å². The average Bonchev–Trinajstić information content (AvgIpc) is 2.94. The van der Waals surface area contributed by atoms with Crippen molar-refractivity contribution >= 4 is 10.0 Å². The van der Waals surface area contributed by atoms with Gasteiger partial charge in [0.15, 0.2) is 0 Å². The molecule has 0 radical (unpaired) electrons. The van der Waals surface area contributed by atoms with E-state index in [1.807, 2.05) is 6.07 Å². The minimum Gasteiger partial charge on any atom is -0.495 e. The summed E-state index contributed by atoms with van der Waals surface area (Å²) in [4.78, 5) is 9.05.